The molecule has 3 saturated heterocycles. The molecular weight excluding hydrogens is 459 g/mol. The number of aliphatic imine (C=N–C) groups is 1. The van der Waals surface area contributed by atoms with E-state index in [1.807, 2.05) is 4.90 Å². The van der Waals surface area contributed by atoms with Crippen molar-refractivity contribution < 1.29 is 36.5 Å². The zero-order valence-electron chi connectivity index (χ0n) is 16.5. The number of aromatic nitrogens is 1. The van der Waals surface area contributed by atoms with E-state index in [2.05, 4.69) is 26.7 Å². The quantitative estimate of drug-likeness (QED) is 0.445. The summed E-state index contributed by atoms with van der Waals surface area (Å²) in [6.45, 7) is 4.68. The van der Waals surface area contributed by atoms with Gasteiger partial charge >= 0.3 is 6.36 Å². The number of nitrogens with zero attached hydrogens (tertiary/aromatic N) is 3. The molecule has 0 spiro atoms. The van der Waals surface area contributed by atoms with Crippen LogP contribution < -0.4 is 14.8 Å². The van der Waals surface area contributed by atoms with Crippen molar-refractivity contribution in [2.45, 2.75) is 37.4 Å². The van der Waals surface area contributed by atoms with Crippen LogP contribution in [0.15, 0.2) is 22.6 Å². The van der Waals surface area contributed by atoms with Gasteiger partial charge in [-0.25, -0.2) is 13.8 Å². The van der Waals surface area contributed by atoms with E-state index in [-0.39, 0.29) is 23.1 Å². The summed E-state index contributed by atoms with van der Waals surface area (Å²) in [4.78, 5) is 9.68. The number of piperidine rings is 1. The summed E-state index contributed by atoms with van der Waals surface area (Å²) in [6, 6.07) is 1.61. The van der Waals surface area contributed by atoms with E-state index in [0.717, 1.165) is 23.8 Å². The number of alkyl halides is 5. The maximum atomic E-state index is 13.3. The van der Waals surface area contributed by atoms with Crippen LogP contribution in [0.4, 0.5) is 27.6 Å². The van der Waals surface area contributed by atoms with E-state index < -0.39 is 35.9 Å². The molecule has 0 saturated carbocycles. The van der Waals surface area contributed by atoms with E-state index in [9.17, 15) is 27.1 Å². The van der Waals surface area contributed by atoms with Crippen molar-refractivity contribution in [1.82, 2.24) is 15.2 Å². The molecule has 3 fully saturated rings. The fourth-order valence-corrected chi connectivity index (χ4v) is 4.55. The standard InChI is InChI=1S/C19H19F5N4O3S/c1-25-13-15(30-8-28-6-9-4-10(7-28)27-9)12(18-26-2-3-32-18)5-11(14(29)17(20)21)16(13)31-19(22,23)24/h2-3,5,9-10,14,17,27,29H,1,4,6-8H2. The molecule has 3 aliphatic heterocycles. The van der Waals surface area contributed by atoms with Gasteiger partial charge in [-0.05, 0) is 19.2 Å². The molecule has 32 heavy (non-hydrogen) atoms. The number of benzene rings is 1. The number of aliphatic hydroxyl groups excluding tert-OH is 1. The number of nitrogens with one attached hydrogen (secondary N) is 1. The lowest BCUT2D eigenvalue weighted by molar-refractivity contribution is -0.275. The van der Waals surface area contributed by atoms with Crippen molar-refractivity contribution in [3.05, 3.63) is 23.2 Å². The summed E-state index contributed by atoms with van der Waals surface area (Å²) in [5.41, 5.74) is -1.22. The monoisotopic (exact) mass is 478 g/mol. The van der Waals surface area contributed by atoms with E-state index in [0.29, 0.717) is 25.2 Å². The fourth-order valence-electron chi connectivity index (χ4n) is 3.90. The maximum Gasteiger partial charge on any atom is 0.573 e. The molecular formula is C19H19F5N4O3S. The molecule has 2 aromatic rings. The van der Waals surface area contributed by atoms with Gasteiger partial charge in [0.15, 0.2) is 11.5 Å². The summed E-state index contributed by atoms with van der Waals surface area (Å²) in [7, 11) is 0. The molecule has 5 rings (SSSR count). The molecule has 13 heteroatoms. The van der Waals surface area contributed by atoms with Crippen molar-refractivity contribution in [1.29, 1.82) is 0 Å². The lowest BCUT2D eigenvalue weighted by Crippen LogP contribution is -2.67. The predicted octanol–water partition coefficient (Wildman–Crippen LogP) is 3.72. The van der Waals surface area contributed by atoms with Crippen LogP contribution in [-0.4, -0.2) is 66.4 Å². The van der Waals surface area contributed by atoms with E-state index in [1.165, 1.54) is 6.20 Å². The van der Waals surface area contributed by atoms with Crippen LogP contribution in [0.5, 0.6) is 11.5 Å². The number of fused-ring (bicyclic) bond motifs is 2. The van der Waals surface area contributed by atoms with Crippen LogP contribution in [0, 0.1) is 0 Å². The Morgan fingerprint density at radius 3 is 2.53 bits per heavy atom. The van der Waals surface area contributed by atoms with Gasteiger partial charge in [0.1, 0.15) is 23.5 Å². The molecule has 1 aromatic carbocycles. The van der Waals surface area contributed by atoms with Crippen LogP contribution in [0.2, 0.25) is 0 Å². The molecule has 7 nitrogen and oxygen atoms in total. The second-order valence-electron chi connectivity index (χ2n) is 7.45. The Balaban J connectivity index is 1.79. The van der Waals surface area contributed by atoms with E-state index in [1.54, 1.807) is 5.38 Å². The zero-order valence-corrected chi connectivity index (χ0v) is 17.3. The highest BCUT2D eigenvalue weighted by Crippen LogP contribution is 2.51. The molecule has 0 amide bonds. The highest BCUT2D eigenvalue weighted by molar-refractivity contribution is 7.13. The average molecular weight is 478 g/mol. The van der Waals surface area contributed by atoms with Crippen LogP contribution >= 0.6 is 11.3 Å². The third-order valence-electron chi connectivity index (χ3n) is 5.22. The Morgan fingerprint density at radius 2 is 2.00 bits per heavy atom. The van der Waals surface area contributed by atoms with Gasteiger partial charge in [-0.15, -0.1) is 24.5 Å². The van der Waals surface area contributed by atoms with Crippen LogP contribution in [-0.2, 0) is 0 Å². The van der Waals surface area contributed by atoms with Gasteiger partial charge in [0.25, 0.3) is 6.43 Å². The van der Waals surface area contributed by atoms with Crippen molar-refractivity contribution in [2.24, 2.45) is 4.99 Å². The first-order chi connectivity index (χ1) is 15.2. The lowest BCUT2D eigenvalue weighted by Gasteiger charge is -2.48. The Labute approximate surface area is 183 Å². The summed E-state index contributed by atoms with van der Waals surface area (Å²) in [5, 5.41) is 15.2. The molecule has 3 atom stereocenters. The first-order valence-corrected chi connectivity index (χ1v) is 10.4. The van der Waals surface area contributed by atoms with Gasteiger partial charge in [0.05, 0.1) is 5.56 Å². The molecule has 174 valence electrons. The minimum atomic E-state index is -5.23. The van der Waals surface area contributed by atoms with Crippen molar-refractivity contribution in [2.75, 3.05) is 19.8 Å². The highest BCUT2D eigenvalue weighted by Gasteiger charge is 2.39. The first-order valence-electron chi connectivity index (χ1n) is 9.57. The van der Waals surface area contributed by atoms with Crippen molar-refractivity contribution in [3.63, 3.8) is 0 Å². The zero-order chi connectivity index (χ0) is 23.0. The topological polar surface area (TPSA) is 79.2 Å². The van der Waals surface area contributed by atoms with Gasteiger partial charge < -0.3 is 19.9 Å². The Bertz CT molecular complexity index is 957. The number of rotatable bonds is 8. The maximum absolute atomic E-state index is 13.3. The second kappa shape index (κ2) is 8.89. The largest absolute Gasteiger partial charge is 0.573 e. The molecule has 3 unspecified atom stereocenters. The SMILES string of the molecule is C=Nc1c(OCN2CC3CC(C2)N3)c(-c2nccs2)cc(C(O)C(F)F)c1OC(F)(F)F. The number of aliphatic hydroxyl groups is 1. The molecule has 4 heterocycles. The summed E-state index contributed by atoms with van der Waals surface area (Å²) < 4.78 is 75.8. The van der Waals surface area contributed by atoms with Gasteiger partial charge in [0.2, 0.25) is 0 Å². The number of ether oxygens (including phenoxy) is 2. The Kier molecular flexibility index (Phi) is 6.34. The molecule has 2 N–H and O–H groups in total. The second-order valence-corrected chi connectivity index (χ2v) is 8.34. The molecule has 1 aromatic heterocycles. The molecule has 0 aliphatic carbocycles. The fraction of sp³-hybridized carbons (Fsp3) is 0.474. The minimum absolute atomic E-state index is 0.0256. The number of hydrogen-bond donors (Lipinski definition) is 2. The molecule has 0 radical (unpaired) electrons. The van der Waals surface area contributed by atoms with Crippen molar-refractivity contribution in [3.8, 4) is 22.1 Å². The van der Waals surface area contributed by atoms with Crippen LogP contribution in [0.3, 0.4) is 0 Å². The van der Waals surface area contributed by atoms with E-state index >= 15 is 0 Å². The third kappa shape index (κ3) is 4.70. The lowest BCUT2D eigenvalue weighted by atomic mass is 9.92. The van der Waals surface area contributed by atoms with E-state index in [4.69, 9.17) is 4.74 Å². The van der Waals surface area contributed by atoms with Crippen LogP contribution in [0.1, 0.15) is 18.1 Å². The Hall–Kier alpha value is -2.35. The van der Waals surface area contributed by atoms with Crippen LogP contribution in [0.25, 0.3) is 10.6 Å². The summed E-state index contributed by atoms with van der Waals surface area (Å²) >= 11 is 1.12. The number of thiazole rings is 1. The predicted molar refractivity (Wildman–Crippen MR) is 107 cm³/mol. The molecule has 2 bridgehead atoms. The number of hydrogen-bond acceptors (Lipinski definition) is 8. The summed E-state index contributed by atoms with van der Waals surface area (Å²) in [5.74, 6) is -1.23. The average Bonchev–Trinajstić information content (AvgIpc) is 3.24. The minimum Gasteiger partial charge on any atom is -0.475 e. The van der Waals surface area contributed by atoms with Gasteiger partial charge in [0, 0.05) is 42.3 Å². The smallest absolute Gasteiger partial charge is 0.475 e. The molecule has 3 aliphatic rings. The third-order valence-corrected chi connectivity index (χ3v) is 6.03. The number of piperazine rings is 1. The Morgan fingerprint density at radius 1 is 1.31 bits per heavy atom. The van der Waals surface area contributed by atoms with Gasteiger partial charge in [-0.3, -0.25) is 9.89 Å². The normalized spacial score (nSPS) is 21.8. The number of halogens is 5. The summed E-state index contributed by atoms with van der Waals surface area (Å²) in [6.07, 6.45) is -8.66. The van der Waals surface area contributed by atoms with Crippen molar-refractivity contribution >= 4 is 23.7 Å². The van der Waals surface area contributed by atoms with Gasteiger partial charge in [-0.1, -0.05) is 0 Å². The first kappa shape index (κ1) is 22.8. The highest BCUT2D eigenvalue weighted by atomic mass is 32.1. The van der Waals surface area contributed by atoms with Gasteiger partial charge in [-0.2, -0.15) is 0 Å².